The minimum Gasteiger partial charge on any atom is -0.496 e. The smallest absolute Gasteiger partial charge is 0.337 e. The van der Waals surface area contributed by atoms with E-state index in [0.29, 0.717) is 43.9 Å². The average Bonchev–Trinajstić information content (AvgIpc) is 3.32. The van der Waals surface area contributed by atoms with E-state index < -0.39 is 5.97 Å². The number of fused-ring (bicyclic) bond motifs is 1. The van der Waals surface area contributed by atoms with Gasteiger partial charge in [-0.25, -0.2) is 9.78 Å². The number of ether oxygens (including phenoxy) is 2. The number of rotatable bonds is 7. The Morgan fingerprint density at radius 3 is 2.75 bits per heavy atom. The Bertz CT molecular complexity index is 1330. The normalized spacial score (nSPS) is 11.0. The quantitative estimate of drug-likeness (QED) is 0.218. The molecule has 0 aliphatic heterocycles. The summed E-state index contributed by atoms with van der Waals surface area (Å²) in [5, 5.41) is 1.46. The number of aromatic nitrogens is 2. The maximum atomic E-state index is 13.3. The van der Waals surface area contributed by atoms with Crippen molar-refractivity contribution in [2.45, 2.75) is 17.5 Å². The Kier molecular flexibility index (Phi) is 6.53. The third kappa shape index (κ3) is 4.51. The molecule has 0 atom stereocenters. The number of esters is 1. The van der Waals surface area contributed by atoms with Crippen molar-refractivity contribution in [2.75, 3.05) is 14.2 Å². The summed E-state index contributed by atoms with van der Waals surface area (Å²) in [5.74, 6) is 1.29. The third-order valence-electron chi connectivity index (χ3n) is 4.83. The van der Waals surface area contributed by atoms with Crippen LogP contribution in [0.5, 0.6) is 5.75 Å². The number of hydrogen-bond acceptors (Lipinski definition) is 7. The van der Waals surface area contributed by atoms with Gasteiger partial charge in [0.05, 0.1) is 43.5 Å². The van der Waals surface area contributed by atoms with Gasteiger partial charge in [-0.05, 0) is 48.5 Å². The number of hydrogen-bond donors (Lipinski definition) is 0. The Hall–Kier alpha value is -3.23. The fraction of sp³-hybridized carbons (Fsp3) is 0.174. The Morgan fingerprint density at radius 2 is 2.03 bits per heavy atom. The van der Waals surface area contributed by atoms with Crippen molar-refractivity contribution >= 4 is 40.2 Å². The topological polar surface area (TPSA) is 83.6 Å². The predicted molar refractivity (Wildman–Crippen MR) is 123 cm³/mol. The summed E-state index contributed by atoms with van der Waals surface area (Å²) < 4.78 is 17.2. The average molecular weight is 471 g/mol. The van der Waals surface area contributed by atoms with Crippen LogP contribution < -0.4 is 10.3 Å². The fourth-order valence-corrected chi connectivity index (χ4v) is 4.43. The number of furan rings is 1. The number of carbonyl (C=O) groups excluding carboxylic acids is 1. The monoisotopic (exact) mass is 470 g/mol. The van der Waals surface area contributed by atoms with E-state index in [9.17, 15) is 9.59 Å². The largest absolute Gasteiger partial charge is 0.496 e. The first-order valence-electron chi connectivity index (χ1n) is 9.60. The number of methoxy groups -OCH3 is 2. The van der Waals surface area contributed by atoms with Crippen LogP contribution in [0.3, 0.4) is 0 Å². The van der Waals surface area contributed by atoms with Crippen LogP contribution in [0.15, 0.2) is 69.2 Å². The molecular formula is C23H19ClN2O5S. The molecule has 2 heterocycles. The van der Waals surface area contributed by atoms with Crippen molar-refractivity contribution in [1.82, 2.24) is 9.55 Å². The van der Waals surface area contributed by atoms with E-state index in [4.69, 9.17) is 25.5 Å². The molecule has 0 amide bonds. The van der Waals surface area contributed by atoms with Gasteiger partial charge >= 0.3 is 5.97 Å². The van der Waals surface area contributed by atoms with Crippen molar-refractivity contribution in [1.29, 1.82) is 0 Å². The van der Waals surface area contributed by atoms with Crippen molar-refractivity contribution in [3.05, 3.63) is 87.1 Å². The van der Waals surface area contributed by atoms with Gasteiger partial charge < -0.3 is 13.9 Å². The van der Waals surface area contributed by atoms with E-state index in [1.54, 1.807) is 60.4 Å². The number of thioether (sulfide) groups is 1. The highest BCUT2D eigenvalue weighted by atomic mass is 35.5. The summed E-state index contributed by atoms with van der Waals surface area (Å²) in [6.07, 6.45) is 1.56. The zero-order chi connectivity index (χ0) is 22.7. The summed E-state index contributed by atoms with van der Waals surface area (Å²) in [4.78, 5) is 30.0. The van der Waals surface area contributed by atoms with Gasteiger partial charge in [-0.1, -0.05) is 23.4 Å². The van der Waals surface area contributed by atoms with Gasteiger partial charge in [0.15, 0.2) is 5.16 Å². The molecule has 0 aliphatic rings. The van der Waals surface area contributed by atoms with Gasteiger partial charge in [0.1, 0.15) is 11.5 Å². The molecule has 0 saturated heterocycles. The lowest BCUT2D eigenvalue weighted by atomic mass is 10.1. The summed E-state index contributed by atoms with van der Waals surface area (Å²) in [6, 6.07) is 13.6. The molecule has 0 saturated carbocycles. The van der Waals surface area contributed by atoms with Crippen LogP contribution >= 0.6 is 23.4 Å². The van der Waals surface area contributed by atoms with Gasteiger partial charge in [0, 0.05) is 16.3 Å². The second-order valence-corrected chi connectivity index (χ2v) is 8.21. The first kappa shape index (κ1) is 22.0. The van der Waals surface area contributed by atoms with Crippen LogP contribution in [-0.2, 0) is 17.0 Å². The van der Waals surface area contributed by atoms with Gasteiger partial charge in [-0.15, -0.1) is 0 Å². The molecular weight excluding hydrogens is 452 g/mol. The SMILES string of the molecule is COC(=O)c1ccc2c(=O)n(Cc3ccco3)c(SCc3cc(Cl)ccc3OC)nc2c1. The van der Waals surface area contributed by atoms with Crippen molar-refractivity contribution in [2.24, 2.45) is 0 Å². The molecule has 0 bridgehead atoms. The lowest BCUT2D eigenvalue weighted by Gasteiger charge is -2.14. The van der Waals surface area contributed by atoms with E-state index in [1.807, 2.05) is 6.07 Å². The lowest BCUT2D eigenvalue weighted by Crippen LogP contribution is -2.24. The zero-order valence-electron chi connectivity index (χ0n) is 17.3. The van der Waals surface area contributed by atoms with E-state index in [1.165, 1.54) is 18.9 Å². The van der Waals surface area contributed by atoms with Crippen molar-refractivity contribution in [3.8, 4) is 5.75 Å². The summed E-state index contributed by atoms with van der Waals surface area (Å²) in [5.41, 5.74) is 1.37. The highest BCUT2D eigenvalue weighted by Crippen LogP contribution is 2.30. The van der Waals surface area contributed by atoms with Gasteiger partial charge in [-0.3, -0.25) is 9.36 Å². The molecule has 2 aromatic carbocycles. The third-order valence-corrected chi connectivity index (χ3v) is 6.09. The number of carbonyl (C=O) groups is 1. The fourth-order valence-electron chi connectivity index (χ4n) is 3.26. The second kappa shape index (κ2) is 9.50. The highest BCUT2D eigenvalue weighted by molar-refractivity contribution is 7.98. The minimum atomic E-state index is -0.494. The molecule has 4 rings (SSSR count). The van der Waals surface area contributed by atoms with Crippen molar-refractivity contribution < 1.29 is 18.7 Å². The van der Waals surface area contributed by atoms with Crippen LogP contribution in [0, 0.1) is 0 Å². The Morgan fingerprint density at radius 1 is 1.19 bits per heavy atom. The molecule has 2 aromatic heterocycles. The van der Waals surface area contributed by atoms with Crippen LogP contribution in [0.1, 0.15) is 21.7 Å². The van der Waals surface area contributed by atoms with Gasteiger partial charge in [0.2, 0.25) is 0 Å². The molecule has 0 N–H and O–H groups in total. The van der Waals surface area contributed by atoms with Crippen molar-refractivity contribution in [3.63, 3.8) is 0 Å². The van der Waals surface area contributed by atoms with Gasteiger partial charge in [-0.2, -0.15) is 0 Å². The Balaban J connectivity index is 1.79. The predicted octanol–water partition coefficient (Wildman–Crippen LogP) is 4.78. The lowest BCUT2D eigenvalue weighted by molar-refractivity contribution is 0.0601. The van der Waals surface area contributed by atoms with Crippen LogP contribution in [0.4, 0.5) is 0 Å². The first-order chi connectivity index (χ1) is 15.5. The second-order valence-electron chi connectivity index (χ2n) is 6.83. The molecule has 0 radical (unpaired) electrons. The van der Waals surface area contributed by atoms with E-state index in [2.05, 4.69) is 4.98 Å². The van der Waals surface area contributed by atoms with E-state index in [0.717, 1.165) is 5.56 Å². The molecule has 9 heteroatoms. The molecule has 4 aromatic rings. The Labute approximate surface area is 192 Å². The highest BCUT2D eigenvalue weighted by Gasteiger charge is 2.16. The van der Waals surface area contributed by atoms with E-state index in [-0.39, 0.29) is 12.1 Å². The molecule has 0 fully saturated rings. The van der Waals surface area contributed by atoms with Gasteiger partial charge in [0.25, 0.3) is 5.56 Å². The maximum Gasteiger partial charge on any atom is 0.337 e. The number of halogens is 1. The van der Waals surface area contributed by atoms with E-state index >= 15 is 0 Å². The zero-order valence-corrected chi connectivity index (χ0v) is 18.9. The minimum absolute atomic E-state index is 0.225. The number of nitrogens with zero attached hydrogens (tertiary/aromatic N) is 2. The summed E-state index contributed by atoms with van der Waals surface area (Å²) in [7, 11) is 2.90. The molecule has 0 unspecified atom stereocenters. The number of benzene rings is 2. The molecule has 7 nitrogen and oxygen atoms in total. The van der Waals surface area contributed by atoms with Crippen LogP contribution in [-0.4, -0.2) is 29.7 Å². The summed E-state index contributed by atoms with van der Waals surface area (Å²) >= 11 is 7.52. The van der Waals surface area contributed by atoms with Crippen LogP contribution in [0.2, 0.25) is 5.02 Å². The standard InChI is InChI=1S/C23H19ClN2O5S/c1-29-20-8-6-16(24)10-15(20)13-32-23-25-19-11-14(22(28)30-2)5-7-18(19)21(27)26(23)12-17-4-3-9-31-17/h3-11H,12-13H2,1-2H3. The van der Waals surface area contributed by atoms with Crippen LogP contribution in [0.25, 0.3) is 10.9 Å². The maximum absolute atomic E-state index is 13.3. The molecule has 32 heavy (non-hydrogen) atoms. The summed E-state index contributed by atoms with van der Waals surface area (Å²) in [6.45, 7) is 0.225. The first-order valence-corrected chi connectivity index (χ1v) is 11.0. The molecule has 164 valence electrons. The molecule has 0 spiro atoms. The molecule has 0 aliphatic carbocycles.